The zero-order valence-electron chi connectivity index (χ0n) is 12.3. The Morgan fingerprint density at radius 3 is 2.48 bits per heavy atom. The molecule has 0 bridgehead atoms. The maximum absolute atomic E-state index is 12.4. The van der Waals surface area contributed by atoms with Crippen LogP contribution in [0.5, 0.6) is 11.5 Å². The number of halogens is 2. The van der Waals surface area contributed by atoms with Crippen LogP contribution in [-0.4, -0.2) is 23.4 Å². The highest BCUT2D eigenvalue weighted by Crippen LogP contribution is 2.30. The van der Waals surface area contributed by atoms with Gasteiger partial charge < -0.3 is 19.9 Å². The van der Waals surface area contributed by atoms with Gasteiger partial charge in [-0.2, -0.15) is 8.78 Å². The summed E-state index contributed by atoms with van der Waals surface area (Å²) >= 11 is 0. The number of nitrogens with one attached hydrogen (secondary N) is 1. The molecule has 1 aromatic carbocycles. The van der Waals surface area contributed by atoms with Gasteiger partial charge in [-0.25, -0.2) is 4.79 Å². The number of rotatable bonds is 4. The van der Waals surface area contributed by atoms with Crippen molar-refractivity contribution >= 4 is 6.09 Å². The summed E-state index contributed by atoms with van der Waals surface area (Å²) in [5, 5.41) is 11.8. The molecule has 1 aromatic rings. The van der Waals surface area contributed by atoms with Gasteiger partial charge in [0.2, 0.25) is 0 Å². The van der Waals surface area contributed by atoms with Crippen molar-refractivity contribution in [1.82, 2.24) is 5.32 Å². The number of phenols is 1. The standard InChI is InChI=1S/C14H19F2NO4/c1-8(17-13(19)21-14(2,3)4)10-6-5-9(18)7-11(10)20-12(15)16/h5-8,12,18H,1-4H3,(H,17,19)/t8-/m0/s1. The summed E-state index contributed by atoms with van der Waals surface area (Å²) in [7, 11) is 0. The van der Waals surface area contributed by atoms with E-state index in [9.17, 15) is 18.7 Å². The molecule has 0 spiro atoms. The fourth-order valence-corrected chi connectivity index (χ4v) is 1.64. The highest BCUT2D eigenvalue weighted by atomic mass is 19.3. The van der Waals surface area contributed by atoms with Gasteiger partial charge in [-0.05, 0) is 39.8 Å². The van der Waals surface area contributed by atoms with Gasteiger partial charge in [0.15, 0.2) is 0 Å². The summed E-state index contributed by atoms with van der Waals surface area (Å²) < 4.78 is 34.2. The molecule has 0 saturated heterocycles. The van der Waals surface area contributed by atoms with Crippen molar-refractivity contribution in [3.63, 3.8) is 0 Å². The Morgan fingerprint density at radius 1 is 1.33 bits per heavy atom. The summed E-state index contributed by atoms with van der Waals surface area (Å²) in [5.74, 6) is -0.410. The highest BCUT2D eigenvalue weighted by Gasteiger charge is 2.21. The molecule has 0 aliphatic rings. The third-order valence-corrected chi connectivity index (χ3v) is 2.41. The molecule has 0 radical (unpaired) electrons. The number of hydrogen-bond acceptors (Lipinski definition) is 4. The summed E-state index contributed by atoms with van der Waals surface area (Å²) in [5.41, 5.74) is -0.361. The number of ether oxygens (including phenoxy) is 2. The van der Waals surface area contributed by atoms with E-state index < -0.39 is 24.3 Å². The third kappa shape index (κ3) is 5.85. The Kier molecular flexibility index (Phi) is 5.34. The predicted molar refractivity (Wildman–Crippen MR) is 72.5 cm³/mol. The van der Waals surface area contributed by atoms with Crippen molar-refractivity contribution in [2.45, 2.75) is 45.9 Å². The number of alkyl carbamates (subject to hydrolysis) is 1. The highest BCUT2D eigenvalue weighted by molar-refractivity contribution is 5.68. The Bertz CT molecular complexity index is 500. The predicted octanol–water partition coefficient (Wildman–Crippen LogP) is 3.58. The van der Waals surface area contributed by atoms with Crippen LogP contribution >= 0.6 is 0 Å². The monoisotopic (exact) mass is 303 g/mol. The summed E-state index contributed by atoms with van der Waals surface area (Å²) in [6.07, 6.45) is -0.675. The molecule has 1 atom stereocenters. The van der Waals surface area contributed by atoms with Gasteiger partial charge in [-0.15, -0.1) is 0 Å². The third-order valence-electron chi connectivity index (χ3n) is 2.41. The van der Waals surface area contributed by atoms with Gasteiger partial charge >= 0.3 is 12.7 Å². The van der Waals surface area contributed by atoms with Gasteiger partial charge in [0, 0.05) is 11.6 Å². The largest absolute Gasteiger partial charge is 0.508 e. The average molecular weight is 303 g/mol. The van der Waals surface area contributed by atoms with Crippen molar-refractivity contribution in [3.8, 4) is 11.5 Å². The molecule has 0 fully saturated rings. The second-order valence-electron chi connectivity index (χ2n) is 5.47. The quantitative estimate of drug-likeness (QED) is 0.892. The number of aromatic hydroxyl groups is 1. The Labute approximate surface area is 121 Å². The van der Waals surface area contributed by atoms with Crippen LogP contribution in [0.3, 0.4) is 0 Å². The van der Waals surface area contributed by atoms with E-state index in [-0.39, 0.29) is 11.5 Å². The van der Waals surface area contributed by atoms with Crippen LogP contribution in [0, 0.1) is 0 Å². The molecule has 1 rings (SSSR count). The molecule has 0 aliphatic carbocycles. The average Bonchev–Trinajstić information content (AvgIpc) is 2.24. The first-order valence-electron chi connectivity index (χ1n) is 6.35. The Balaban J connectivity index is 2.86. The van der Waals surface area contributed by atoms with E-state index in [1.807, 2.05) is 0 Å². The summed E-state index contributed by atoms with van der Waals surface area (Å²) in [6.45, 7) is 3.70. The lowest BCUT2D eigenvalue weighted by Crippen LogP contribution is -2.34. The van der Waals surface area contributed by atoms with Gasteiger partial charge in [0.1, 0.15) is 17.1 Å². The molecular weight excluding hydrogens is 284 g/mol. The second kappa shape index (κ2) is 6.60. The SMILES string of the molecule is C[C@H](NC(=O)OC(C)(C)C)c1ccc(O)cc1OC(F)F. The van der Waals surface area contributed by atoms with Crippen molar-refractivity contribution in [2.24, 2.45) is 0 Å². The fraction of sp³-hybridized carbons (Fsp3) is 0.500. The summed E-state index contributed by atoms with van der Waals surface area (Å²) in [4.78, 5) is 11.7. The smallest absolute Gasteiger partial charge is 0.408 e. The van der Waals surface area contributed by atoms with E-state index in [2.05, 4.69) is 10.1 Å². The molecule has 0 heterocycles. The van der Waals surface area contributed by atoms with Gasteiger partial charge in [-0.3, -0.25) is 0 Å². The van der Waals surface area contributed by atoms with Crippen LogP contribution in [0.4, 0.5) is 13.6 Å². The number of benzene rings is 1. The number of alkyl halides is 2. The molecule has 2 N–H and O–H groups in total. The molecule has 1 amide bonds. The van der Waals surface area contributed by atoms with Crippen LogP contribution in [0.25, 0.3) is 0 Å². The number of carbonyl (C=O) groups excluding carboxylic acids is 1. The van der Waals surface area contributed by atoms with Gasteiger partial charge in [-0.1, -0.05) is 0 Å². The molecule has 118 valence electrons. The zero-order valence-corrected chi connectivity index (χ0v) is 12.3. The lowest BCUT2D eigenvalue weighted by atomic mass is 10.1. The molecular formula is C14H19F2NO4. The minimum atomic E-state index is -3.03. The van der Waals surface area contributed by atoms with E-state index in [4.69, 9.17) is 4.74 Å². The lowest BCUT2D eigenvalue weighted by Gasteiger charge is -2.23. The van der Waals surface area contributed by atoms with E-state index in [0.717, 1.165) is 6.07 Å². The van der Waals surface area contributed by atoms with Crippen molar-refractivity contribution < 1.29 is 28.2 Å². The van der Waals surface area contributed by atoms with E-state index in [1.54, 1.807) is 27.7 Å². The number of hydrogen-bond donors (Lipinski definition) is 2. The molecule has 5 nitrogen and oxygen atoms in total. The minimum absolute atomic E-state index is 0.200. The van der Waals surface area contributed by atoms with Crippen LogP contribution in [0.15, 0.2) is 18.2 Å². The lowest BCUT2D eigenvalue weighted by molar-refractivity contribution is -0.0507. The van der Waals surface area contributed by atoms with Crippen molar-refractivity contribution in [2.75, 3.05) is 0 Å². The zero-order chi connectivity index (χ0) is 16.2. The Hall–Kier alpha value is -2.05. The molecule has 0 saturated carbocycles. The van der Waals surface area contributed by atoms with Gasteiger partial charge in [0.05, 0.1) is 6.04 Å². The molecule has 0 aliphatic heterocycles. The molecule has 21 heavy (non-hydrogen) atoms. The number of carbonyl (C=O) groups is 1. The van der Waals surface area contributed by atoms with Crippen LogP contribution in [0.2, 0.25) is 0 Å². The van der Waals surface area contributed by atoms with Crippen molar-refractivity contribution in [3.05, 3.63) is 23.8 Å². The van der Waals surface area contributed by atoms with E-state index >= 15 is 0 Å². The van der Waals surface area contributed by atoms with Crippen LogP contribution < -0.4 is 10.1 Å². The minimum Gasteiger partial charge on any atom is -0.508 e. The summed E-state index contributed by atoms with van der Waals surface area (Å²) in [6, 6.07) is 3.15. The molecule has 0 aromatic heterocycles. The maximum atomic E-state index is 12.4. The first-order valence-corrected chi connectivity index (χ1v) is 6.35. The molecule has 0 unspecified atom stereocenters. The first kappa shape index (κ1) is 17.0. The van der Waals surface area contributed by atoms with Crippen molar-refractivity contribution in [1.29, 1.82) is 0 Å². The Morgan fingerprint density at radius 2 is 1.95 bits per heavy atom. The van der Waals surface area contributed by atoms with E-state index in [0.29, 0.717) is 5.56 Å². The van der Waals surface area contributed by atoms with Crippen LogP contribution in [0.1, 0.15) is 39.3 Å². The number of amides is 1. The van der Waals surface area contributed by atoms with E-state index in [1.165, 1.54) is 12.1 Å². The topological polar surface area (TPSA) is 67.8 Å². The second-order valence-corrected chi connectivity index (χ2v) is 5.47. The maximum Gasteiger partial charge on any atom is 0.408 e. The van der Waals surface area contributed by atoms with Gasteiger partial charge in [0.25, 0.3) is 0 Å². The first-order chi connectivity index (χ1) is 9.58. The molecule has 7 heteroatoms. The normalized spacial score (nSPS) is 12.9. The fourth-order valence-electron chi connectivity index (χ4n) is 1.64. The number of phenolic OH excluding ortho intramolecular Hbond substituents is 1. The van der Waals surface area contributed by atoms with Crippen LogP contribution in [-0.2, 0) is 4.74 Å².